The molecule has 2 heterocycles. The lowest BCUT2D eigenvalue weighted by Crippen LogP contribution is -2.41. The van der Waals surface area contributed by atoms with Gasteiger partial charge in [-0.3, -0.25) is 0 Å². The van der Waals surface area contributed by atoms with Crippen LogP contribution in [-0.2, 0) is 4.74 Å². The monoisotopic (exact) mass is 331 g/mol. The van der Waals surface area contributed by atoms with Crippen LogP contribution < -0.4 is 4.74 Å². The van der Waals surface area contributed by atoms with E-state index in [2.05, 4.69) is 10.1 Å². The summed E-state index contributed by atoms with van der Waals surface area (Å²) in [5.41, 5.74) is 1.28. The largest absolute Gasteiger partial charge is 0.438 e. The molecule has 1 N–H and O–H groups in total. The molecule has 1 aliphatic heterocycles. The molecule has 1 fully saturated rings. The molecule has 6 nitrogen and oxygen atoms in total. The maximum absolute atomic E-state index is 13.4. The van der Waals surface area contributed by atoms with Gasteiger partial charge in [-0.1, -0.05) is 11.2 Å². The summed E-state index contributed by atoms with van der Waals surface area (Å²) in [6.45, 7) is 4.14. The number of hydrogen-bond donors (Lipinski definition) is 1. The molecule has 0 unspecified atom stereocenters. The van der Waals surface area contributed by atoms with Crippen molar-refractivity contribution < 1.29 is 19.1 Å². The van der Waals surface area contributed by atoms with Gasteiger partial charge >= 0.3 is 0 Å². The molecular weight excluding hydrogens is 313 g/mol. The van der Waals surface area contributed by atoms with Crippen molar-refractivity contribution in [3.05, 3.63) is 53.5 Å². The Balaban J connectivity index is 1.95. The van der Waals surface area contributed by atoms with Crippen LogP contribution >= 0.6 is 0 Å². The van der Waals surface area contributed by atoms with Crippen LogP contribution in [-0.4, -0.2) is 47.2 Å². The van der Waals surface area contributed by atoms with E-state index in [9.17, 15) is 9.60 Å². The van der Waals surface area contributed by atoms with E-state index in [0.29, 0.717) is 43.5 Å². The van der Waals surface area contributed by atoms with Gasteiger partial charge < -0.3 is 19.6 Å². The summed E-state index contributed by atoms with van der Waals surface area (Å²) in [7, 11) is 0. The number of halogens is 1. The third kappa shape index (κ3) is 3.62. The van der Waals surface area contributed by atoms with Crippen molar-refractivity contribution in [1.29, 1.82) is 0 Å². The first-order valence-corrected chi connectivity index (χ1v) is 7.63. The van der Waals surface area contributed by atoms with Crippen LogP contribution in [0, 0.1) is 12.7 Å². The van der Waals surface area contributed by atoms with Gasteiger partial charge in [0, 0.05) is 24.8 Å². The Morgan fingerprint density at radius 1 is 1.29 bits per heavy atom. The number of aryl methyl sites for hydroxylation is 1. The van der Waals surface area contributed by atoms with Gasteiger partial charge in [-0.05, 0) is 31.2 Å². The van der Waals surface area contributed by atoms with Crippen molar-refractivity contribution in [2.24, 2.45) is 5.16 Å². The van der Waals surface area contributed by atoms with Crippen molar-refractivity contribution in [2.75, 3.05) is 26.3 Å². The van der Waals surface area contributed by atoms with Crippen molar-refractivity contribution in [3.63, 3.8) is 0 Å². The molecule has 0 aliphatic carbocycles. The average molecular weight is 331 g/mol. The van der Waals surface area contributed by atoms with Crippen molar-refractivity contribution in [1.82, 2.24) is 9.88 Å². The summed E-state index contributed by atoms with van der Waals surface area (Å²) in [6, 6.07) is 9.40. The number of nitrogens with zero attached hydrogens (tertiary/aromatic N) is 3. The molecule has 2 aromatic rings. The van der Waals surface area contributed by atoms with Crippen LogP contribution in [0.5, 0.6) is 11.6 Å². The number of ether oxygens (including phenoxy) is 2. The third-order valence-electron chi connectivity index (χ3n) is 3.66. The van der Waals surface area contributed by atoms with Crippen LogP contribution in [0.3, 0.4) is 0 Å². The third-order valence-corrected chi connectivity index (χ3v) is 3.66. The van der Waals surface area contributed by atoms with Gasteiger partial charge in [-0.15, -0.1) is 0 Å². The molecule has 1 aromatic carbocycles. The minimum Gasteiger partial charge on any atom is -0.438 e. The Morgan fingerprint density at radius 3 is 2.79 bits per heavy atom. The van der Waals surface area contributed by atoms with Crippen LogP contribution in [0.25, 0.3) is 0 Å². The quantitative estimate of drug-likeness (QED) is 0.405. The van der Waals surface area contributed by atoms with Gasteiger partial charge in [-0.25, -0.2) is 9.37 Å². The zero-order chi connectivity index (χ0) is 16.9. The zero-order valence-electron chi connectivity index (χ0n) is 13.3. The number of hydrogen-bond acceptors (Lipinski definition) is 5. The van der Waals surface area contributed by atoms with E-state index in [0.717, 1.165) is 5.69 Å². The second-order valence-electron chi connectivity index (χ2n) is 5.39. The van der Waals surface area contributed by atoms with Gasteiger partial charge in [0.05, 0.1) is 18.8 Å². The standard InChI is InChI=1S/C17H18FN3O3/c1-12-5-6-15(16(20-22)21-7-9-23-10-8-21)17(19-12)24-14-4-2-3-13(18)11-14/h2-6,11,22H,7-10H2,1H3/b20-16-. The molecule has 0 saturated carbocycles. The Hall–Kier alpha value is -2.67. The van der Waals surface area contributed by atoms with E-state index < -0.39 is 5.82 Å². The lowest BCUT2D eigenvalue weighted by molar-refractivity contribution is 0.0667. The highest BCUT2D eigenvalue weighted by Crippen LogP contribution is 2.26. The summed E-state index contributed by atoms with van der Waals surface area (Å²) in [5.74, 6) is 0.552. The smallest absolute Gasteiger partial charge is 0.230 e. The van der Waals surface area contributed by atoms with Gasteiger partial charge in [0.25, 0.3) is 0 Å². The molecule has 3 rings (SSSR count). The zero-order valence-corrected chi connectivity index (χ0v) is 13.3. The van der Waals surface area contributed by atoms with Gasteiger partial charge in [-0.2, -0.15) is 0 Å². The highest BCUT2D eigenvalue weighted by molar-refractivity contribution is 6.00. The average Bonchev–Trinajstić information content (AvgIpc) is 2.58. The molecule has 0 amide bonds. The Kier molecular flexibility index (Phi) is 4.90. The number of oxime groups is 1. The normalized spacial score (nSPS) is 15.4. The second-order valence-corrected chi connectivity index (χ2v) is 5.39. The SMILES string of the molecule is Cc1ccc(/C(=N/O)N2CCOCC2)c(Oc2cccc(F)c2)n1. The van der Waals surface area contributed by atoms with Crippen molar-refractivity contribution >= 4 is 5.84 Å². The summed E-state index contributed by atoms with van der Waals surface area (Å²) in [4.78, 5) is 6.26. The molecule has 126 valence electrons. The fourth-order valence-electron chi connectivity index (χ4n) is 2.49. The number of aromatic nitrogens is 1. The van der Waals surface area contributed by atoms with Crippen molar-refractivity contribution in [3.8, 4) is 11.6 Å². The lowest BCUT2D eigenvalue weighted by Gasteiger charge is -2.29. The molecule has 1 saturated heterocycles. The molecule has 0 spiro atoms. The Morgan fingerprint density at radius 2 is 2.08 bits per heavy atom. The summed E-state index contributed by atoms with van der Waals surface area (Å²) < 4.78 is 24.4. The molecule has 0 radical (unpaired) electrons. The Bertz CT molecular complexity index is 746. The Labute approximate surface area is 139 Å². The first-order valence-electron chi connectivity index (χ1n) is 7.63. The van der Waals surface area contributed by atoms with Crippen LogP contribution in [0.4, 0.5) is 4.39 Å². The number of rotatable bonds is 3. The summed E-state index contributed by atoms with van der Waals surface area (Å²) in [5, 5.41) is 12.9. The molecular formula is C17H18FN3O3. The highest BCUT2D eigenvalue weighted by Gasteiger charge is 2.22. The number of pyridine rings is 1. The van der Waals surface area contributed by atoms with Crippen molar-refractivity contribution in [2.45, 2.75) is 6.92 Å². The van der Waals surface area contributed by atoms with E-state index >= 15 is 0 Å². The lowest BCUT2D eigenvalue weighted by atomic mass is 10.2. The predicted octanol–water partition coefficient (Wildman–Crippen LogP) is 2.79. The van der Waals surface area contributed by atoms with E-state index in [1.807, 2.05) is 11.8 Å². The predicted molar refractivity (Wildman–Crippen MR) is 86.2 cm³/mol. The molecule has 24 heavy (non-hydrogen) atoms. The van der Waals surface area contributed by atoms with Crippen LogP contribution in [0.1, 0.15) is 11.3 Å². The number of benzene rings is 1. The maximum atomic E-state index is 13.4. The van der Waals surface area contributed by atoms with E-state index in [-0.39, 0.29) is 5.88 Å². The van der Waals surface area contributed by atoms with Crippen LogP contribution in [0.15, 0.2) is 41.6 Å². The first kappa shape index (κ1) is 16.2. The molecule has 1 aromatic heterocycles. The molecule has 0 atom stereocenters. The topological polar surface area (TPSA) is 67.2 Å². The number of morpholine rings is 1. The fraction of sp³-hybridized carbons (Fsp3) is 0.294. The highest BCUT2D eigenvalue weighted by atomic mass is 19.1. The number of amidine groups is 1. The fourth-order valence-corrected chi connectivity index (χ4v) is 2.49. The molecule has 1 aliphatic rings. The van der Waals surface area contributed by atoms with Gasteiger partial charge in [0.2, 0.25) is 5.88 Å². The molecule has 7 heteroatoms. The summed E-state index contributed by atoms with van der Waals surface area (Å²) >= 11 is 0. The molecule has 0 bridgehead atoms. The summed E-state index contributed by atoms with van der Waals surface area (Å²) in [6.07, 6.45) is 0. The van der Waals surface area contributed by atoms with E-state index in [4.69, 9.17) is 9.47 Å². The minimum atomic E-state index is -0.397. The second kappa shape index (κ2) is 7.27. The van der Waals surface area contributed by atoms with Gasteiger partial charge in [0.1, 0.15) is 11.6 Å². The van der Waals surface area contributed by atoms with E-state index in [1.54, 1.807) is 24.3 Å². The van der Waals surface area contributed by atoms with E-state index in [1.165, 1.54) is 12.1 Å². The minimum absolute atomic E-state index is 0.264. The maximum Gasteiger partial charge on any atom is 0.230 e. The van der Waals surface area contributed by atoms with Gasteiger partial charge in [0.15, 0.2) is 5.84 Å². The first-order chi connectivity index (χ1) is 11.7. The van der Waals surface area contributed by atoms with Crippen LogP contribution in [0.2, 0.25) is 0 Å².